The molecule has 9 heterocycles. The molecule has 2 bridgehead atoms. The summed E-state index contributed by atoms with van der Waals surface area (Å²) in [5.74, 6) is 4.18. The minimum absolute atomic E-state index is 0.0106. The molecule has 3 aromatic heterocycles. The number of ether oxygens (including phenoxy) is 2. The van der Waals surface area contributed by atoms with Crippen LogP contribution in [-0.4, -0.2) is 154 Å². The van der Waals surface area contributed by atoms with Crippen LogP contribution in [0.1, 0.15) is 123 Å². The lowest BCUT2D eigenvalue weighted by atomic mass is 9.88. The summed E-state index contributed by atoms with van der Waals surface area (Å²) in [5, 5.41) is 19.9. The fraction of sp³-hybridized carbons (Fsp3) is 0.554. The Balaban J connectivity index is 0.726. The number of amides is 4. The molecule has 6 fully saturated rings. The highest BCUT2D eigenvalue weighted by Gasteiger charge is 2.51. The van der Waals surface area contributed by atoms with Crippen LogP contribution in [0.5, 0.6) is 11.9 Å². The van der Waals surface area contributed by atoms with Gasteiger partial charge in [-0.25, -0.2) is 23.4 Å². The molecule has 20 heteroatoms. The molecule has 3 atom stereocenters. The quantitative estimate of drug-likeness (QED) is 0.0826. The third-order valence-corrected chi connectivity index (χ3v) is 26.9. The number of likely N-dealkylation sites (tertiary alicyclic amines) is 2. The van der Waals surface area contributed by atoms with Crippen molar-refractivity contribution in [2.45, 2.75) is 146 Å². The number of pyridine rings is 1. The van der Waals surface area contributed by atoms with Crippen molar-refractivity contribution in [1.29, 1.82) is 0 Å². The van der Waals surface area contributed by atoms with Crippen LogP contribution in [0.2, 0.25) is 16.6 Å². The van der Waals surface area contributed by atoms with Crippen LogP contribution in [0, 0.1) is 34.4 Å². The molecule has 6 aromatic rings. The van der Waals surface area contributed by atoms with Gasteiger partial charge in [0.2, 0.25) is 11.8 Å². The molecule has 85 heavy (non-hydrogen) atoms. The molecule has 6 aliphatic heterocycles. The summed E-state index contributed by atoms with van der Waals surface area (Å²) in [6.07, 6.45) is 7.62. The summed E-state index contributed by atoms with van der Waals surface area (Å²) in [6, 6.07) is 13.9. The Morgan fingerprint density at radius 2 is 1.61 bits per heavy atom. The molecule has 0 unspecified atom stereocenters. The maximum absolute atomic E-state index is 18.2. The first-order chi connectivity index (χ1) is 40.9. The van der Waals surface area contributed by atoms with Gasteiger partial charge in [0.1, 0.15) is 36.3 Å². The van der Waals surface area contributed by atoms with Gasteiger partial charge in [0.15, 0.2) is 11.6 Å². The van der Waals surface area contributed by atoms with Crippen molar-refractivity contribution in [2.24, 2.45) is 18.4 Å². The van der Waals surface area contributed by atoms with Gasteiger partial charge in [-0.1, -0.05) is 77.8 Å². The van der Waals surface area contributed by atoms with Gasteiger partial charge in [-0.15, -0.1) is 5.54 Å². The second-order valence-electron chi connectivity index (χ2n) is 26.5. The van der Waals surface area contributed by atoms with Crippen LogP contribution in [0.4, 0.5) is 30.0 Å². The van der Waals surface area contributed by atoms with Crippen molar-refractivity contribution in [2.75, 3.05) is 75.4 Å². The van der Waals surface area contributed by atoms with Gasteiger partial charge < -0.3 is 29.3 Å². The first kappa shape index (κ1) is 57.1. The average Bonchev–Trinajstić information content (AvgIpc) is 1.89. The number of piperazine rings is 1. The molecule has 1 saturated carbocycles. The van der Waals surface area contributed by atoms with Gasteiger partial charge in [-0.2, -0.15) is 15.1 Å². The zero-order valence-electron chi connectivity index (χ0n) is 50.1. The number of rotatable bonds is 13. The predicted molar refractivity (Wildman–Crippen MR) is 327 cm³/mol. The Labute approximate surface area is 496 Å². The fourth-order valence-electron chi connectivity index (χ4n) is 16.0. The second-order valence-corrected chi connectivity index (χ2v) is 32.1. The van der Waals surface area contributed by atoms with E-state index in [1.807, 2.05) is 23.9 Å². The molecule has 2 N–H and O–H groups in total. The van der Waals surface area contributed by atoms with Crippen LogP contribution in [0.3, 0.4) is 0 Å². The molecule has 1 aliphatic carbocycles. The van der Waals surface area contributed by atoms with Crippen molar-refractivity contribution in [3.05, 3.63) is 71.3 Å². The van der Waals surface area contributed by atoms with Crippen LogP contribution < -0.4 is 24.6 Å². The second kappa shape index (κ2) is 22.4. The third kappa shape index (κ3) is 10.3. The Hall–Kier alpha value is -6.95. The third-order valence-electron chi connectivity index (χ3n) is 20.6. The van der Waals surface area contributed by atoms with Gasteiger partial charge >= 0.3 is 18.1 Å². The van der Waals surface area contributed by atoms with Crippen molar-refractivity contribution < 1.29 is 37.7 Å². The number of benzene rings is 3. The van der Waals surface area contributed by atoms with Gasteiger partial charge in [0, 0.05) is 67.8 Å². The lowest BCUT2D eigenvalue weighted by Gasteiger charge is -2.47. The summed E-state index contributed by atoms with van der Waals surface area (Å²) in [4.78, 5) is 62.7. The van der Waals surface area contributed by atoms with E-state index in [1.165, 1.54) is 11.6 Å². The number of fused-ring (bicyclic) bond motifs is 7. The number of piperidine rings is 2. The van der Waals surface area contributed by atoms with Gasteiger partial charge in [0.25, 0.3) is 0 Å². The zero-order chi connectivity index (χ0) is 59.2. The normalized spacial score (nSPS) is 22.3. The number of carbonyl (C=O) groups excluding carboxylic acids is 2. The van der Waals surface area contributed by atoms with Gasteiger partial charge in [0.05, 0.1) is 42.4 Å². The fourth-order valence-corrected chi connectivity index (χ4v) is 21.2. The topological polar surface area (TPSA) is 175 Å². The van der Waals surface area contributed by atoms with Crippen LogP contribution in [-0.2, 0) is 11.8 Å². The van der Waals surface area contributed by atoms with Gasteiger partial charge in [-0.3, -0.25) is 24.6 Å². The molecule has 3 aromatic carbocycles. The minimum atomic E-state index is -2.31. The van der Waals surface area contributed by atoms with Crippen LogP contribution in [0.15, 0.2) is 48.5 Å². The SMILES string of the molecule is CC(C)[Si](C#Cc1c(F)ccc2cccc(-c3nc4c5c(nc(OCC6(CN7CCC(CN8CCC(c9ccc%10c(N%11CCC(=O)NC%11=O)nn(C)c%10c9)CC8)CC7)CC6)nc5c3F)N3C[C@H]5CC[C@@H]([C@H]3CCO4)N5C(=O)O)c12)(C(C)C)C(C)C. The maximum atomic E-state index is 18.2. The van der Waals surface area contributed by atoms with Crippen molar-refractivity contribution in [3.63, 3.8) is 0 Å². The van der Waals surface area contributed by atoms with Crippen LogP contribution >= 0.6 is 0 Å². The lowest BCUT2D eigenvalue weighted by Crippen LogP contribution is -2.62. The molecular formula is C65H79F2N11O6Si. The lowest BCUT2D eigenvalue weighted by molar-refractivity contribution is -0.120. The molecule has 5 saturated heterocycles. The van der Waals surface area contributed by atoms with E-state index in [9.17, 15) is 19.5 Å². The summed E-state index contributed by atoms with van der Waals surface area (Å²) < 4.78 is 49.7. The number of carbonyl (C=O) groups is 3. The van der Waals surface area contributed by atoms with E-state index in [0.717, 1.165) is 88.7 Å². The van der Waals surface area contributed by atoms with E-state index in [4.69, 9.17) is 29.5 Å². The Morgan fingerprint density at radius 1 is 0.859 bits per heavy atom. The number of aromatic nitrogens is 5. The van der Waals surface area contributed by atoms with E-state index in [-0.39, 0.29) is 71.1 Å². The standard InChI is InChI=1S/C65H79F2N11O6Si/c1-38(2)85(39(3)4,40(5)6)32-23-46-49(66)15-12-43-9-8-10-48(54(43)46)57-56(67)58-55-60(77-35-45-13-16-51(78(45)64(81)82)50(77)22-31-83-61(55)69-57)71-62(70-58)84-37-65(24-25-65)36-75-26-17-41(18-27-75)34-74-28-19-42(20-29-74)44-11-14-47-52(33-44)73(7)72-59(47)76-30-21-53(79)68-63(76)80/h8-12,14-15,33,38-42,45,50-51H,13,16-22,24-31,34-37H2,1-7H3,(H,81,82)(H,68,79,80)/t45-,50-,51+/m1/s1. The highest BCUT2D eigenvalue weighted by Crippen LogP contribution is 2.49. The number of imide groups is 1. The molecule has 0 radical (unpaired) electrons. The molecular weight excluding hydrogens is 1100 g/mol. The number of hydrogen-bond acceptors (Lipinski definition) is 12. The number of halogens is 2. The monoisotopic (exact) mass is 1180 g/mol. The Kier molecular flexibility index (Phi) is 15.1. The van der Waals surface area contributed by atoms with Crippen molar-refractivity contribution in [3.8, 4) is 34.6 Å². The van der Waals surface area contributed by atoms with E-state index in [1.54, 1.807) is 21.9 Å². The predicted octanol–water partition coefficient (Wildman–Crippen LogP) is 11.3. The largest absolute Gasteiger partial charge is 0.477 e. The molecule has 448 valence electrons. The van der Waals surface area contributed by atoms with Crippen LogP contribution in [0.25, 0.3) is 43.8 Å². The number of nitrogens with one attached hydrogen (secondary N) is 1. The number of aryl methyl sites for hydroxylation is 1. The molecule has 0 spiro atoms. The van der Waals surface area contributed by atoms with E-state index in [0.29, 0.717) is 101 Å². The summed E-state index contributed by atoms with van der Waals surface area (Å²) in [6.45, 7) is 20.7. The minimum Gasteiger partial charge on any atom is -0.477 e. The first-order valence-electron chi connectivity index (χ1n) is 31.1. The van der Waals surface area contributed by atoms with E-state index in [2.05, 4.69) is 91.2 Å². The smallest absolute Gasteiger partial charge is 0.407 e. The number of hydrogen-bond donors (Lipinski definition) is 2. The molecule has 4 amide bonds. The number of urea groups is 1. The number of anilines is 2. The van der Waals surface area contributed by atoms with Crippen molar-refractivity contribution >= 4 is 70.3 Å². The zero-order valence-corrected chi connectivity index (χ0v) is 51.1. The van der Waals surface area contributed by atoms with Gasteiger partial charge in [-0.05, 0) is 135 Å². The number of nitrogens with zero attached hydrogens (tertiary/aromatic N) is 10. The average molecular weight is 1180 g/mol. The van der Waals surface area contributed by atoms with E-state index < -0.39 is 31.8 Å². The maximum Gasteiger partial charge on any atom is 0.407 e. The highest BCUT2D eigenvalue weighted by atomic mass is 28.3. The van der Waals surface area contributed by atoms with Crippen molar-refractivity contribution in [1.82, 2.24) is 44.7 Å². The first-order valence-corrected chi connectivity index (χ1v) is 33.4. The Bertz CT molecular complexity index is 3670. The number of carboxylic acid groups (broad SMARTS) is 1. The summed E-state index contributed by atoms with van der Waals surface area (Å²) >= 11 is 0. The van der Waals surface area contributed by atoms with E-state index >= 15 is 8.78 Å². The molecule has 17 nitrogen and oxygen atoms in total. The highest BCUT2D eigenvalue weighted by molar-refractivity contribution is 6.90. The Morgan fingerprint density at radius 3 is 2.33 bits per heavy atom. The summed E-state index contributed by atoms with van der Waals surface area (Å²) in [5.41, 5.74) is 7.41. The summed E-state index contributed by atoms with van der Waals surface area (Å²) in [7, 11) is -0.407. The molecule has 13 rings (SSSR count). The molecule has 7 aliphatic rings.